The van der Waals surface area contributed by atoms with E-state index in [1.165, 1.54) is 12.1 Å². The Morgan fingerprint density at radius 3 is 1.25 bits per heavy atom. The van der Waals surface area contributed by atoms with Gasteiger partial charge in [-0.15, -0.1) is 0 Å². The van der Waals surface area contributed by atoms with E-state index in [4.69, 9.17) is 23.2 Å². The fraction of sp³-hybridized carbons (Fsp3) is 0.641. The molecule has 0 radical (unpaired) electrons. The zero-order chi connectivity index (χ0) is 39.8. The first-order valence-corrected chi connectivity index (χ1v) is 19.9. The van der Waals surface area contributed by atoms with E-state index in [0.717, 1.165) is 82.1 Å². The number of carbonyl (C=O) groups excluding carboxylic acids is 2. The fourth-order valence-electron chi connectivity index (χ4n) is 8.89. The monoisotopic (exact) mass is 820 g/mol. The topological polar surface area (TPSA) is 105 Å². The SMILES string of the molecule is O=C(NC1CCC(CC2CCC(NC(=O)N3CCC(O)(c4ccc(Cl)c(C(F)(F)F)c4)CC3)CC2)CC1)N1CCC(O)(c2ccc(Cl)c(C(F)(F)F)c2)CC1. The Morgan fingerprint density at radius 1 is 0.618 bits per heavy atom. The second-order valence-corrected chi connectivity index (χ2v) is 16.8. The van der Waals surface area contributed by atoms with Gasteiger partial charge >= 0.3 is 24.4 Å². The van der Waals surface area contributed by atoms with E-state index in [1.807, 2.05) is 0 Å². The van der Waals surface area contributed by atoms with Crippen LogP contribution in [0.3, 0.4) is 0 Å². The molecule has 0 unspecified atom stereocenters. The lowest BCUT2D eigenvalue weighted by Crippen LogP contribution is -2.51. The van der Waals surface area contributed by atoms with Crippen molar-refractivity contribution < 1.29 is 46.1 Å². The zero-order valence-corrected chi connectivity index (χ0v) is 31.9. The highest BCUT2D eigenvalue weighted by molar-refractivity contribution is 6.31. The lowest BCUT2D eigenvalue weighted by molar-refractivity contribution is -0.138. The van der Waals surface area contributed by atoms with Gasteiger partial charge in [0.05, 0.1) is 32.4 Å². The Balaban J connectivity index is 0.872. The second-order valence-electron chi connectivity index (χ2n) is 16.0. The van der Waals surface area contributed by atoms with E-state index in [0.29, 0.717) is 11.8 Å². The molecule has 8 nitrogen and oxygen atoms in total. The van der Waals surface area contributed by atoms with E-state index in [2.05, 4.69) is 10.6 Å². The summed E-state index contributed by atoms with van der Waals surface area (Å²) in [6, 6.07) is 6.53. The molecular formula is C39H48Cl2F6N4O4. The first kappa shape index (κ1) is 41.7. The highest BCUT2D eigenvalue weighted by Crippen LogP contribution is 2.42. The summed E-state index contributed by atoms with van der Waals surface area (Å²) in [6.45, 7) is 0.855. The number of rotatable bonds is 6. The quantitative estimate of drug-likeness (QED) is 0.218. The Hall–Kier alpha value is -2.94. The Kier molecular flexibility index (Phi) is 12.5. The van der Waals surface area contributed by atoms with Crippen LogP contribution in [0, 0.1) is 11.8 Å². The van der Waals surface area contributed by atoms with Crippen LogP contribution in [0.5, 0.6) is 0 Å². The number of halogens is 8. The molecule has 55 heavy (non-hydrogen) atoms. The minimum atomic E-state index is -4.64. The minimum absolute atomic E-state index is 0.0375. The molecule has 16 heteroatoms. The predicted octanol–water partition coefficient (Wildman–Crippen LogP) is 9.22. The molecule has 0 bridgehead atoms. The third-order valence-corrected chi connectivity index (χ3v) is 13.0. The van der Waals surface area contributed by atoms with Crippen molar-refractivity contribution in [1.29, 1.82) is 0 Å². The van der Waals surface area contributed by atoms with E-state index in [9.17, 15) is 46.1 Å². The second kappa shape index (κ2) is 16.5. The number of nitrogens with one attached hydrogen (secondary N) is 2. The molecule has 4 fully saturated rings. The van der Waals surface area contributed by atoms with Crippen LogP contribution in [0.1, 0.15) is 106 Å². The van der Waals surface area contributed by atoms with Crippen molar-refractivity contribution in [3.8, 4) is 0 Å². The molecular weight excluding hydrogens is 773 g/mol. The zero-order valence-electron chi connectivity index (χ0n) is 30.4. The maximum atomic E-state index is 13.4. The van der Waals surface area contributed by atoms with Crippen LogP contribution < -0.4 is 10.6 Å². The number of urea groups is 2. The summed E-state index contributed by atoms with van der Waals surface area (Å²) < 4.78 is 80.3. The van der Waals surface area contributed by atoms with E-state index in [-0.39, 0.29) is 87.1 Å². The molecule has 6 rings (SSSR count). The molecule has 4 amide bonds. The smallest absolute Gasteiger partial charge is 0.385 e. The summed E-state index contributed by atoms with van der Waals surface area (Å²) in [7, 11) is 0. The number of piperidine rings is 2. The first-order chi connectivity index (χ1) is 25.8. The lowest BCUT2D eigenvalue weighted by atomic mass is 9.75. The molecule has 2 saturated carbocycles. The minimum Gasteiger partial charge on any atom is -0.385 e. The Morgan fingerprint density at radius 2 is 0.945 bits per heavy atom. The first-order valence-electron chi connectivity index (χ1n) is 19.1. The van der Waals surface area contributed by atoms with Crippen molar-refractivity contribution in [2.75, 3.05) is 26.2 Å². The summed E-state index contributed by atoms with van der Waals surface area (Å²) in [4.78, 5) is 29.4. The van der Waals surface area contributed by atoms with Crippen LogP contribution in [0.4, 0.5) is 35.9 Å². The van der Waals surface area contributed by atoms with Gasteiger partial charge in [0.25, 0.3) is 0 Å². The van der Waals surface area contributed by atoms with Gasteiger partial charge in [-0.25, -0.2) is 9.59 Å². The maximum absolute atomic E-state index is 13.4. The van der Waals surface area contributed by atoms with Crippen LogP contribution in [-0.2, 0) is 23.6 Å². The Bertz CT molecular complexity index is 1560. The summed E-state index contributed by atoms with van der Waals surface area (Å²) in [6.07, 6.45) is -0.317. The number of likely N-dealkylation sites (tertiary alicyclic amines) is 2. The molecule has 0 spiro atoms. The molecule has 2 aromatic rings. The van der Waals surface area contributed by atoms with Gasteiger partial charge in [-0.05, 0) is 131 Å². The standard InChI is InChI=1S/C39H48Cl2F6N4O4/c40-32-11-5-26(22-30(32)38(42,43)44)36(54)13-17-50(18-14-36)34(52)48-28-7-1-24(2-8-28)21-25-3-9-29(10-4-25)49-35(53)51-19-15-37(55,16-20-51)27-6-12-33(41)31(23-27)39(45,46)47/h5-6,11-12,22-25,28-29,54-55H,1-4,7-10,13-21H2,(H,48,52)(H,49,53). The fourth-order valence-corrected chi connectivity index (χ4v) is 9.34. The molecule has 2 heterocycles. The lowest BCUT2D eigenvalue weighted by Gasteiger charge is -2.40. The van der Waals surface area contributed by atoms with Crippen molar-refractivity contribution in [1.82, 2.24) is 20.4 Å². The summed E-state index contributed by atoms with van der Waals surface area (Å²) in [5, 5.41) is 27.7. The van der Waals surface area contributed by atoms with Gasteiger partial charge in [0.15, 0.2) is 0 Å². The van der Waals surface area contributed by atoms with Crippen molar-refractivity contribution >= 4 is 35.3 Å². The number of amides is 4. The number of hydrogen-bond acceptors (Lipinski definition) is 4. The largest absolute Gasteiger partial charge is 0.417 e. The van der Waals surface area contributed by atoms with Gasteiger partial charge in [-0.1, -0.05) is 35.3 Å². The van der Waals surface area contributed by atoms with Crippen LogP contribution >= 0.6 is 23.2 Å². The van der Waals surface area contributed by atoms with Gasteiger partial charge in [-0.2, -0.15) is 26.3 Å². The number of alkyl halides is 6. The third-order valence-electron chi connectivity index (χ3n) is 12.4. The normalized spacial score (nSPS) is 26.0. The third kappa shape index (κ3) is 9.96. The maximum Gasteiger partial charge on any atom is 0.417 e. The molecule has 0 aromatic heterocycles. The molecule has 0 atom stereocenters. The van der Waals surface area contributed by atoms with Crippen molar-refractivity contribution in [2.45, 2.75) is 119 Å². The molecule has 2 aliphatic heterocycles. The highest BCUT2D eigenvalue weighted by atomic mass is 35.5. The number of hydrogen-bond donors (Lipinski definition) is 4. The molecule has 2 aromatic carbocycles. The number of aliphatic hydroxyl groups is 2. The predicted molar refractivity (Wildman–Crippen MR) is 195 cm³/mol. The van der Waals surface area contributed by atoms with Crippen LogP contribution in [0.2, 0.25) is 10.0 Å². The molecule has 2 aliphatic carbocycles. The Labute approximate surface area is 326 Å². The molecule has 4 aliphatic rings. The average Bonchev–Trinajstić information content (AvgIpc) is 3.13. The van der Waals surface area contributed by atoms with Crippen molar-refractivity contribution in [3.63, 3.8) is 0 Å². The average molecular weight is 822 g/mol. The van der Waals surface area contributed by atoms with E-state index in [1.54, 1.807) is 9.80 Å². The van der Waals surface area contributed by atoms with E-state index < -0.39 is 44.7 Å². The molecule has 2 saturated heterocycles. The van der Waals surface area contributed by atoms with Gasteiger partial charge < -0.3 is 30.6 Å². The van der Waals surface area contributed by atoms with Gasteiger partial charge in [0.1, 0.15) is 0 Å². The van der Waals surface area contributed by atoms with Crippen molar-refractivity contribution in [3.05, 3.63) is 68.7 Å². The number of carbonyl (C=O) groups is 2. The van der Waals surface area contributed by atoms with Gasteiger partial charge in [-0.3, -0.25) is 0 Å². The van der Waals surface area contributed by atoms with Crippen LogP contribution in [0.15, 0.2) is 36.4 Å². The number of benzene rings is 2. The summed E-state index contributed by atoms with van der Waals surface area (Å²) in [5.41, 5.74) is -4.67. The highest BCUT2D eigenvalue weighted by Gasteiger charge is 2.41. The van der Waals surface area contributed by atoms with Gasteiger partial charge in [0.2, 0.25) is 0 Å². The number of nitrogens with zero attached hydrogens (tertiary/aromatic N) is 2. The van der Waals surface area contributed by atoms with Crippen molar-refractivity contribution in [2.24, 2.45) is 11.8 Å². The molecule has 304 valence electrons. The van der Waals surface area contributed by atoms with Crippen LogP contribution in [-0.4, -0.2) is 70.3 Å². The summed E-state index contributed by atoms with van der Waals surface area (Å²) >= 11 is 11.5. The summed E-state index contributed by atoms with van der Waals surface area (Å²) in [5.74, 6) is 1.10. The van der Waals surface area contributed by atoms with Crippen LogP contribution in [0.25, 0.3) is 0 Å². The van der Waals surface area contributed by atoms with Gasteiger partial charge in [0, 0.05) is 38.3 Å². The van der Waals surface area contributed by atoms with E-state index >= 15 is 0 Å². The molecule has 4 N–H and O–H groups in total.